The van der Waals surface area contributed by atoms with Crippen molar-refractivity contribution in [1.29, 1.82) is 0 Å². The van der Waals surface area contributed by atoms with Crippen molar-refractivity contribution in [3.8, 4) is 0 Å². The smallest absolute Gasteiger partial charge is 0.237 e. The average Bonchev–Trinajstić information content (AvgIpc) is 3.47. The molecule has 10 heteroatoms. The number of aromatic amines is 1. The van der Waals surface area contributed by atoms with Crippen LogP contribution in [-0.4, -0.2) is 23.6 Å². The molecule has 170 valence electrons. The summed E-state index contributed by atoms with van der Waals surface area (Å²) in [5.41, 5.74) is 1.53. The Morgan fingerprint density at radius 1 is 1.22 bits per heavy atom. The van der Waals surface area contributed by atoms with E-state index in [4.69, 9.17) is 4.42 Å². The molecule has 0 bridgehead atoms. The molecule has 32 heavy (non-hydrogen) atoms. The van der Waals surface area contributed by atoms with E-state index in [9.17, 15) is 12.8 Å². The van der Waals surface area contributed by atoms with Gasteiger partial charge in [0.2, 0.25) is 10.0 Å². The Balaban J connectivity index is 1.28. The van der Waals surface area contributed by atoms with Gasteiger partial charge in [-0.15, -0.1) is 0 Å². The van der Waals surface area contributed by atoms with Gasteiger partial charge in [-0.1, -0.05) is 20.8 Å². The van der Waals surface area contributed by atoms with Crippen molar-refractivity contribution in [3.63, 3.8) is 0 Å². The maximum atomic E-state index is 14.8. The molecule has 2 aromatic heterocycles. The number of aromatic nitrogens is 3. The predicted octanol–water partition coefficient (Wildman–Crippen LogP) is 4.88. The highest BCUT2D eigenvalue weighted by molar-refractivity contribution is 7.92. The van der Waals surface area contributed by atoms with Crippen LogP contribution in [0.1, 0.15) is 74.8 Å². The number of hydrogen-bond donors (Lipinski definition) is 3. The molecule has 3 N–H and O–H groups in total. The summed E-state index contributed by atoms with van der Waals surface area (Å²) in [6, 6.07) is 4.95. The molecular formula is C22H26FN5O3S. The van der Waals surface area contributed by atoms with E-state index in [1.165, 1.54) is 6.07 Å². The summed E-state index contributed by atoms with van der Waals surface area (Å²) in [4.78, 5) is 4.51. The molecule has 1 fully saturated rings. The number of halogens is 1. The monoisotopic (exact) mass is 459 g/mol. The lowest BCUT2D eigenvalue weighted by molar-refractivity contribution is 0.363. The average molecular weight is 460 g/mol. The second-order valence-corrected chi connectivity index (χ2v) is 11.4. The molecule has 3 aromatic rings. The van der Waals surface area contributed by atoms with Crippen LogP contribution in [0.4, 0.5) is 21.6 Å². The first-order valence-electron chi connectivity index (χ1n) is 10.7. The van der Waals surface area contributed by atoms with Crippen LogP contribution >= 0.6 is 0 Å². The van der Waals surface area contributed by atoms with E-state index in [2.05, 4.69) is 46.0 Å². The third kappa shape index (κ3) is 3.87. The zero-order chi connectivity index (χ0) is 22.7. The largest absolute Gasteiger partial charge is 0.445 e. The molecule has 8 nitrogen and oxygen atoms in total. The Morgan fingerprint density at radius 2 is 2.00 bits per heavy atom. The molecule has 2 aliphatic rings. The maximum absolute atomic E-state index is 14.8. The minimum absolute atomic E-state index is 0.0692. The molecule has 1 aliphatic carbocycles. The van der Waals surface area contributed by atoms with Gasteiger partial charge in [0.1, 0.15) is 5.76 Å². The first kappa shape index (κ1) is 21.0. The summed E-state index contributed by atoms with van der Waals surface area (Å²) in [7, 11) is -3.51. The highest BCUT2D eigenvalue weighted by atomic mass is 32.2. The van der Waals surface area contributed by atoms with Gasteiger partial charge >= 0.3 is 0 Å². The topological polar surface area (TPSA) is 113 Å². The Labute approximate surface area is 186 Å². The second-order valence-electron chi connectivity index (χ2n) is 9.67. The van der Waals surface area contributed by atoms with E-state index in [1.807, 2.05) is 12.3 Å². The fourth-order valence-electron chi connectivity index (χ4n) is 4.41. The Hall–Kier alpha value is -2.88. The third-order valence-electron chi connectivity index (χ3n) is 6.19. The summed E-state index contributed by atoms with van der Waals surface area (Å²) in [5, 5.41) is 10.3. The van der Waals surface area contributed by atoms with E-state index < -0.39 is 15.8 Å². The van der Waals surface area contributed by atoms with Gasteiger partial charge in [0.15, 0.2) is 17.5 Å². The van der Waals surface area contributed by atoms with E-state index in [-0.39, 0.29) is 39.9 Å². The van der Waals surface area contributed by atoms with E-state index in [0.717, 1.165) is 36.6 Å². The minimum atomic E-state index is -3.51. The number of nitrogens with zero attached hydrogens (tertiary/aromatic N) is 2. The van der Waals surface area contributed by atoms with Crippen molar-refractivity contribution in [2.75, 3.05) is 10.0 Å². The quantitative estimate of drug-likeness (QED) is 0.512. The molecule has 1 saturated carbocycles. The van der Waals surface area contributed by atoms with Gasteiger partial charge < -0.3 is 9.73 Å². The van der Waals surface area contributed by atoms with Crippen molar-refractivity contribution in [1.82, 2.24) is 15.2 Å². The summed E-state index contributed by atoms with van der Waals surface area (Å²) in [5.74, 6) is 1.77. The molecule has 1 aliphatic heterocycles. The zero-order valence-electron chi connectivity index (χ0n) is 18.2. The lowest BCUT2D eigenvalue weighted by Crippen LogP contribution is -2.09. The van der Waals surface area contributed by atoms with Gasteiger partial charge in [0.05, 0.1) is 23.3 Å². The summed E-state index contributed by atoms with van der Waals surface area (Å²) in [6.07, 6.45) is 4.70. The number of sulfonamides is 1. The number of fused-ring (bicyclic) bond motifs is 1. The Bertz CT molecular complexity index is 1270. The van der Waals surface area contributed by atoms with Crippen LogP contribution < -0.4 is 10.0 Å². The summed E-state index contributed by atoms with van der Waals surface area (Å²) >= 11 is 0. The highest BCUT2D eigenvalue weighted by Crippen LogP contribution is 2.44. The molecule has 0 saturated heterocycles. The standard InChI is InChI=1S/C22H26FN5O3S/c1-22(2,3)18-10-24-21(31-18)13-5-4-12(8-13)17-9-19(27-26-17)25-16-7-6-15-14(20(16)23)11-32(29,30)28-15/h6-7,9-10,12-13,28H,4-5,8,11H2,1-3H3,(H2,25,26,27)/t12-,13+/m0/s1. The van der Waals surface area contributed by atoms with Crippen molar-refractivity contribution >= 4 is 27.2 Å². The van der Waals surface area contributed by atoms with Crippen molar-refractivity contribution in [2.45, 2.75) is 63.0 Å². The highest BCUT2D eigenvalue weighted by Gasteiger charge is 2.33. The van der Waals surface area contributed by atoms with Gasteiger partial charge in [0, 0.05) is 34.6 Å². The molecule has 0 radical (unpaired) electrons. The van der Waals surface area contributed by atoms with Crippen LogP contribution in [-0.2, 0) is 21.2 Å². The zero-order valence-corrected chi connectivity index (χ0v) is 19.0. The van der Waals surface area contributed by atoms with Crippen LogP contribution in [0, 0.1) is 5.82 Å². The van der Waals surface area contributed by atoms with Crippen molar-refractivity contribution in [3.05, 3.63) is 53.1 Å². The van der Waals surface area contributed by atoms with Crippen LogP contribution in [0.3, 0.4) is 0 Å². The van der Waals surface area contributed by atoms with Gasteiger partial charge in [-0.2, -0.15) is 5.10 Å². The first-order chi connectivity index (χ1) is 15.1. The number of benzene rings is 1. The molecule has 2 atom stereocenters. The molecular weight excluding hydrogens is 433 g/mol. The number of hydrogen-bond acceptors (Lipinski definition) is 6. The molecule has 0 spiro atoms. The molecule has 1 aromatic carbocycles. The fourth-order valence-corrected chi connectivity index (χ4v) is 5.67. The van der Waals surface area contributed by atoms with E-state index >= 15 is 0 Å². The van der Waals surface area contributed by atoms with Gasteiger partial charge in [0.25, 0.3) is 0 Å². The predicted molar refractivity (Wildman–Crippen MR) is 119 cm³/mol. The van der Waals surface area contributed by atoms with Gasteiger partial charge in [-0.25, -0.2) is 17.8 Å². The number of oxazole rings is 1. The lowest BCUT2D eigenvalue weighted by Gasteiger charge is -2.13. The summed E-state index contributed by atoms with van der Waals surface area (Å²) in [6.45, 7) is 6.31. The molecule has 3 heterocycles. The minimum Gasteiger partial charge on any atom is -0.445 e. The van der Waals surface area contributed by atoms with Crippen LogP contribution in [0.15, 0.2) is 28.8 Å². The van der Waals surface area contributed by atoms with Gasteiger partial charge in [-0.05, 0) is 31.4 Å². The van der Waals surface area contributed by atoms with E-state index in [1.54, 1.807) is 6.07 Å². The third-order valence-corrected chi connectivity index (χ3v) is 7.39. The number of H-pyrrole nitrogens is 1. The maximum Gasteiger partial charge on any atom is 0.237 e. The van der Waals surface area contributed by atoms with Crippen molar-refractivity contribution in [2.24, 2.45) is 0 Å². The van der Waals surface area contributed by atoms with Crippen LogP contribution in [0.2, 0.25) is 0 Å². The van der Waals surface area contributed by atoms with Crippen LogP contribution in [0.5, 0.6) is 0 Å². The lowest BCUT2D eigenvalue weighted by atomic mass is 9.94. The SMILES string of the molecule is CC(C)(C)c1cnc([C@@H]2CC[C@H](c3cc(Nc4ccc5c(c4F)CS(=O)(=O)N5)n[nH]3)C2)o1. The van der Waals surface area contributed by atoms with E-state index in [0.29, 0.717) is 5.82 Å². The molecule has 0 unspecified atom stereocenters. The molecule has 0 amide bonds. The van der Waals surface area contributed by atoms with Crippen molar-refractivity contribution < 1.29 is 17.2 Å². The van der Waals surface area contributed by atoms with Gasteiger partial charge in [-0.3, -0.25) is 9.82 Å². The molecule has 5 rings (SSSR count). The first-order valence-corrected chi connectivity index (χ1v) is 12.3. The normalized spacial score (nSPS) is 22.0. The summed E-state index contributed by atoms with van der Waals surface area (Å²) < 4.78 is 46.6. The Kier molecular flexibility index (Phi) is 4.81. The fraction of sp³-hybridized carbons (Fsp3) is 0.455. The second kappa shape index (κ2) is 7.33. The number of nitrogens with one attached hydrogen (secondary N) is 3. The van der Waals surface area contributed by atoms with Crippen LogP contribution in [0.25, 0.3) is 0 Å². The Morgan fingerprint density at radius 3 is 2.75 bits per heavy atom. The number of rotatable bonds is 4. The number of anilines is 3.